The number of carbonyl (C=O) groups is 1. The molecule has 2 nitrogen and oxygen atoms in total. The second-order valence-electron chi connectivity index (χ2n) is 4.17. The van der Waals surface area contributed by atoms with Gasteiger partial charge < -0.3 is 4.90 Å². The Hall–Kier alpha value is -1.04. The minimum absolute atomic E-state index is 0.0105. The van der Waals surface area contributed by atoms with Gasteiger partial charge in [0.25, 0.3) is 0 Å². The van der Waals surface area contributed by atoms with Gasteiger partial charge in [0, 0.05) is 13.1 Å². The molecule has 2 rings (SSSR count). The summed E-state index contributed by atoms with van der Waals surface area (Å²) in [6.07, 6.45) is -3.75. The summed E-state index contributed by atoms with van der Waals surface area (Å²) in [7, 11) is 0. The van der Waals surface area contributed by atoms with Gasteiger partial charge in [-0.05, 0) is 18.1 Å². The van der Waals surface area contributed by atoms with Crippen molar-refractivity contribution in [1.29, 1.82) is 0 Å². The van der Waals surface area contributed by atoms with Gasteiger partial charge in [0.05, 0.1) is 10.4 Å². The number of likely N-dealkylation sites (tertiary alicyclic amines) is 1. The van der Waals surface area contributed by atoms with Gasteiger partial charge in [-0.3, -0.25) is 4.79 Å². The van der Waals surface area contributed by atoms with Crippen LogP contribution in [0.15, 0.2) is 24.3 Å². The Morgan fingerprint density at radius 2 is 2.00 bits per heavy atom. The zero-order valence-corrected chi connectivity index (χ0v) is 11.0. The van der Waals surface area contributed by atoms with Gasteiger partial charge >= 0.3 is 6.18 Å². The molecule has 1 atom stereocenters. The SMILES string of the molecule is O=C1C(Br)CCN1Cc1ccccc1C(F)(F)F. The molecule has 0 spiro atoms. The van der Waals surface area contributed by atoms with Crippen LogP contribution in [0.1, 0.15) is 17.5 Å². The summed E-state index contributed by atoms with van der Waals surface area (Å²) in [5, 5.41) is 0. The summed E-state index contributed by atoms with van der Waals surface area (Å²) in [6.45, 7) is 0.498. The van der Waals surface area contributed by atoms with E-state index in [2.05, 4.69) is 15.9 Å². The maximum atomic E-state index is 12.8. The summed E-state index contributed by atoms with van der Waals surface area (Å²) < 4.78 is 38.4. The largest absolute Gasteiger partial charge is 0.416 e. The van der Waals surface area contributed by atoms with Crippen molar-refractivity contribution in [3.8, 4) is 0 Å². The van der Waals surface area contributed by atoms with Crippen LogP contribution in [0.5, 0.6) is 0 Å². The fourth-order valence-electron chi connectivity index (χ4n) is 2.00. The molecule has 98 valence electrons. The lowest BCUT2D eigenvalue weighted by Crippen LogP contribution is -2.28. The predicted octanol–water partition coefficient (Wildman–Crippen LogP) is 3.20. The zero-order valence-electron chi connectivity index (χ0n) is 9.38. The van der Waals surface area contributed by atoms with E-state index in [1.165, 1.54) is 17.0 Å². The highest BCUT2D eigenvalue weighted by molar-refractivity contribution is 9.10. The summed E-state index contributed by atoms with van der Waals surface area (Å²) in [4.78, 5) is 12.8. The average Bonchev–Trinajstić information content (AvgIpc) is 2.60. The van der Waals surface area contributed by atoms with Crippen LogP contribution in [-0.2, 0) is 17.5 Å². The minimum atomic E-state index is -4.38. The van der Waals surface area contributed by atoms with Gasteiger partial charge in [-0.2, -0.15) is 13.2 Å². The first-order valence-electron chi connectivity index (χ1n) is 5.47. The van der Waals surface area contributed by atoms with E-state index in [1.54, 1.807) is 6.07 Å². The topological polar surface area (TPSA) is 20.3 Å². The van der Waals surface area contributed by atoms with E-state index < -0.39 is 11.7 Å². The van der Waals surface area contributed by atoms with Crippen molar-refractivity contribution < 1.29 is 18.0 Å². The fourth-order valence-corrected chi connectivity index (χ4v) is 2.49. The molecular weight excluding hydrogens is 311 g/mol. The Labute approximate surface area is 111 Å². The third-order valence-corrected chi connectivity index (χ3v) is 3.77. The lowest BCUT2D eigenvalue weighted by Gasteiger charge is -2.19. The first kappa shape index (κ1) is 13.4. The second-order valence-corrected chi connectivity index (χ2v) is 5.28. The molecule has 0 N–H and O–H groups in total. The molecule has 1 aromatic carbocycles. The lowest BCUT2D eigenvalue weighted by molar-refractivity contribution is -0.139. The number of amides is 1. The van der Waals surface area contributed by atoms with Crippen molar-refractivity contribution >= 4 is 21.8 Å². The first-order valence-corrected chi connectivity index (χ1v) is 6.39. The normalized spacial score (nSPS) is 20.6. The fraction of sp³-hybridized carbons (Fsp3) is 0.417. The smallest absolute Gasteiger partial charge is 0.337 e. The minimum Gasteiger partial charge on any atom is -0.337 e. The van der Waals surface area contributed by atoms with Crippen molar-refractivity contribution in [2.24, 2.45) is 0 Å². The number of hydrogen-bond acceptors (Lipinski definition) is 1. The number of benzene rings is 1. The van der Waals surface area contributed by atoms with E-state index in [9.17, 15) is 18.0 Å². The molecule has 0 radical (unpaired) electrons. The molecule has 0 saturated carbocycles. The molecule has 1 unspecified atom stereocenters. The van der Waals surface area contributed by atoms with Crippen molar-refractivity contribution in [2.45, 2.75) is 24.0 Å². The molecule has 18 heavy (non-hydrogen) atoms. The van der Waals surface area contributed by atoms with Crippen molar-refractivity contribution in [3.05, 3.63) is 35.4 Å². The molecule has 1 aliphatic rings. The highest BCUT2D eigenvalue weighted by Gasteiger charge is 2.35. The Kier molecular flexibility index (Phi) is 3.66. The monoisotopic (exact) mass is 321 g/mol. The molecule has 1 saturated heterocycles. The first-order chi connectivity index (χ1) is 8.39. The van der Waals surface area contributed by atoms with Crippen LogP contribution in [-0.4, -0.2) is 22.2 Å². The highest BCUT2D eigenvalue weighted by Crippen LogP contribution is 2.33. The van der Waals surface area contributed by atoms with Gasteiger partial charge in [-0.15, -0.1) is 0 Å². The third-order valence-electron chi connectivity index (χ3n) is 2.92. The molecular formula is C12H11BrF3NO. The van der Waals surface area contributed by atoms with Crippen LogP contribution in [0.2, 0.25) is 0 Å². The third kappa shape index (κ3) is 2.68. The van der Waals surface area contributed by atoms with E-state index >= 15 is 0 Å². The molecule has 1 aromatic rings. The Morgan fingerprint density at radius 3 is 2.56 bits per heavy atom. The molecule has 0 aliphatic carbocycles. The predicted molar refractivity (Wildman–Crippen MR) is 64.2 cm³/mol. The number of carbonyl (C=O) groups excluding carboxylic acids is 1. The van der Waals surface area contributed by atoms with Crippen LogP contribution in [0.25, 0.3) is 0 Å². The van der Waals surface area contributed by atoms with Crippen LogP contribution in [0.4, 0.5) is 13.2 Å². The average molecular weight is 322 g/mol. The van der Waals surface area contributed by atoms with Crippen molar-refractivity contribution in [2.75, 3.05) is 6.54 Å². The number of rotatable bonds is 2. The van der Waals surface area contributed by atoms with Gasteiger partial charge in [-0.1, -0.05) is 34.1 Å². The molecule has 0 bridgehead atoms. The maximum absolute atomic E-state index is 12.8. The van der Waals surface area contributed by atoms with Crippen LogP contribution in [0, 0.1) is 0 Å². The van der Waals surface area contributed by atoms with Crippen molar-refractivity contribution in [3.63, 3.8) is 0 Å². The molecule has 1 aliphatic heterocycles. The summed E-state index contributed by atoms with van der Waals surface area (Å²) in [5.74, 6) is -0.146. The summed E-state index contributed by atoms with van der Waals surface area (Å²) in [5.41, 5.74) is -0.532. The van der Waals surface area contributed by atoms with E-state index in [-0.39, 0.29) is 22.8 Å². The Morgan fingerprint density at radius 1 is 1.33 bits per heavy atom. The van der Waals surface area contributed by atoms with E-state index in [0.29, 0.717) is 13.0 Å². The zero-order chi connectivity index (χ0) is 13.3. The van der Waals surface area contributed by atoms with Gasteiger partial charge in [0.15, 0.2) is 0 Å². The van der Waals surface area contributed by atoms with Crippen molar-refractivity contribution in [1.82, 2.24) is 4.90 Å². The van der Waals surface area contributed by atoms with Gasteiger partial charge in [-0.25, -0.2) is 0 Å². The van der Waals surface area contributed by atoms with Gasteiger partial charge in [0.2, 0.25) is 5.91 Å². The van der Waals surface area contributed by atoms with Crippen LogP contribution < -0.4 is 0 Å². The number of alkyl halides is 4. The van der Waals surface area contributed by atoms with E-state index in [0.717, 1.165) is 6.07 Å². The number of nitrogens with zero attached hydrogens (tertiary/aromatic N) is 1. The highest BCUT2D eigenvalue weighted by atomic mass is 79.9. The quantitative estimate of drug-likeness (QED) is 0.766. The molecule has 1 fully saturated rings. The lowest BCUT2D eigenvalue weighted by atomic mass is 10.1. The standard InChI is InChI=1S/C12H11BrF3NO/c13-10-5-6-17(11(10)18)7-8-3-1-2-4-9(8)12(14,15)16/h1-4,10H,5-7H2. The van der Waals surface area contributed by atoms with Crippen LogP contribution in [0.3, 0.4) is 0 Å². The van der Waals surface area contributed by atoms with E-state index in [4.69, 9.17) is 0 Å². The Balaban J connectivity index is 2.22. The van der Waals surface area contributed by atoms with E-state index in [1.807, 2.05) is 0 Å². The summed E-state index contributed by atoms with van der Waals surface area (Å²) >= 11 is 3.20. The molecule has 0 aromatic heterocycles. The molecule has 6 heteroatoms. The number of hydrogen-bond donors (Lipinski definition) is 0. The maximum Gasteiger partial charge on any atom is 0.416 e. The second kappa shape index (κ2) is 4.91. The molecule has 1 heterocycles. The molecule has 1 amide bonds. The number of halogens is 4. The van der Waals surface area contributed by atoms with Crippen LogP contribution >= 0.6 is 15.9 Å². The summed E-state index contributed by atoms with van der Waals surface area (Å²) in [6, 6.07) is 5.36. The van der Waals surface area contributed by atoms with Gasteiger partial charge in [0.1, 0.15) is 0 Å². The Bertz CT molecular complexity index is 461.